The van der Waals surface area contributed by atoms with E-state index in [2.05, 4.69) is 5.32 Å². The third kappa shape index (κ3) is 6.46. The van der Waals surface area contributed by atoms with Crippen molar-refractivity contribution in [2.45, 2.75) is 38.5 Å². The molecule has 2 rings (SSSR count). The number of hydrogen-bond donors (Lipinski definition) is 1. The molecule has 1 aromatic carbocycles. The van der Waals surface area contributed by atoms with Crippen molar-refractivity contribution in [3.8, 4) is 0 Å². The summed E-state index contributed by atoms with van der Waals surface area (Å²) >= 11 is 1.52. The van der Waals surface area contributed by atoms with Gasteiger partial charge in [-0.25, -0.2) is 12.7 Å². The number of Topliss-reactive ketones (excluding diaryl/α,β-unsaturated/α-hetero) is 1. The summed E-state index contributed by atoms with van der Waals surface area (Å²) in [5.74, 6) is -1.41. The zero-order valence-corrected chi connectivity index (χ0v) is 19.8. The van der Waals surface area contributed by atoms with E-state index >= 15 is 0 Å². The molecular formula is C21H26N2O6S2. The van der Waals surface area contributed by atoms with E-state index in [0.29, 0.717) is 11.1 Å². The summed E-state index contributed by atoms with van der Waals surface area (Å²) in [5.41, 5.74) is 1.42. The first-order valence-corrected chi connectivity index (χ1v) is 11.8. The van der Waals surface area contributed by atoms with Crippen LogP contribution >= 0.6 is 11.3 Å². The van der Waals surface area contributed by atoms with Crippen molar-refractivity contribution in [1.29, 1.82) is 0 Å². The Morgan fingerprint density at radius 3 is 2.32 bits per heavy atom. The second kappa shape index (κ2) is 10.2. The molecule has 0 spiro atoms. The van der Waals surface area contributed by atoms with Crippen molar-refractivity contribution >= 4 is 44.7 Å². The average Bonchev–Trinajstić information content (AvgIpc) is 3.03. The summed E-state index contributed by atoms with van der Waals surface area (Å²) in [5, 5.41) is 2.51. The Bertz CT molecular complexity index is 1100. The topological polar surface area (TPSA) is 110 Å². The third-order valence-corrected chi connectivity index (χ3v) is 7.42. The molecule has 0 saturated heterocycles. The van der Waals surface area contributed by atoms with Gasteiger partial charge in [0, 0.05) is 41.5 Å². The Balaban J connectivity index is 1.88. The summed E-state index contributed by atoms with van der Waals surface area (Å²) in [7, 11) is -0.823. The van der Waals surface area contributed by atoms with E-state index in [1.807, 2.05) is 13.8 Å². The number of aryl methyl sites for hydroxylation is 3. The fourth-order valence-corrected chi connectivity index (χ4v) is 4.91. The number of esters is 1. The lowest BCUT2D eigenvalue weighted by atomic mass is 10.1. The lowest BCUT2D eigenvalue weighted by molar-refractivity contribution is -0.147. The summed E-state index contributed by atoms with van der Waals surface area (Å²) in [6, 6.07) is 6.30. The number of ketones is 1. The lowest BCUT2D eigenvalue weighted by Crippen LogP contribution is -2.24. The first-order valence-electron chi connectivity index (χ1n) is 9.50. The number of anilines is 1. The van der Waals surface area contributed by atoms with Crippen LogP contribution in [0.25, 0.3) is 0 Å². The molecule has 10 heteroatoms. The first-order chi connectivity index (χ1) is 14.4. The van der Waals surface area contributed by atoms with Crippen molar-refractivity contribution in [1.82, 2.24) is 4.31 Å². The maximum atomic E-state index is 12.4. The van der Waals surface area contributed by atoms with Crippen LogP contribution in [-0.4, -0.2) is 51.1 Å². The molecule has 1 N–H and O–H groups in total. The highest BCUT2D eigenvalue weighted by atomic mass is 32.2. The minimum Gasteiger partial charge on any atom is -0.456 e. The number of nitrogens with one attached hydrogen (secondary N) is 1. The number of carbonyl (C=O) groups is 3. The molecule has 0 bridgehead atoms. The van der Waals surface area contributed by atoms with Gasteiger partial charge < -0.3 is 10.1 Å². The van der Waals surface area contributed by atoms with Crippen molar-refractivity contribution in [2.75, 3.05) is 26.0 Å². The molecule has 0 unspecified atom stereocenters. The second-order valence-electron chi connectivity index (χ2n) is 7.23. The smallest absolute Gasteiger partial charge is 0.306 e. The number of ether oxygens (including phenoxy) is 1. The minimum absolute atomic E-state index is 0.00117. The Morgan fingerprint density at radius 1 is 1.06 bits per heavy atom. The van der Waals surface area contributed by atoms with Gasteiger partial charge in [0.05, 0.1) is 11.3 Å². The third-order valence-electron chi connectivity index (χ3n) is 4.49. The van der Waals surface area contributed by atoms with Crippen LogP contribution < -0.4 is 5.32 Å². The Kier molecular flexibility index (Phi) is 8.10. The van der Waals surface area contributed by atoms with Gasteiger partial charge in [0.1, 0.15) is 0 Å². The number of benzene rings is 1. The summed E-state index contributed by atoms with van der Waals surface area (Å²) in [4.78, 5) is 38.2. The zero-order valence-electron chi connectivity index (χ0n) is 18.1. The van der Waals surface area contributed by atoms with Crippen LogP contribution in [0, 0.1) is 20.8 Å². The van der Waals surface area contributed by atoms with Crippen LogP contribution in [0.15, 0.2) is 29.2 Å². The van der Waals surface area contributed by atoms with Gasteiger partial charge in [-0.1, -0.05) is 6.07 Å². The Hall–Kier alpha value is -2.56. The molecule has 0 aliphatic carbocycles. The maximum Gasteiger partial charge on any atom is 0.306 e. The van der Waals surface area contributed by atoms with E-state index < -0.39 is 28.5 Å². The number of sulfonamides is 1. The monoisotopic (exact) mass is 466 g/mol. The molecule has 1 aromatic heterocycles. The van der Waals surface area contributed by atoms with Crippen molar-refractivity contribution in [3.63, 3.8) is 0 Å². The van der Waals surface area contributed by atoms with Gasteiger partial charge in [-0.15, -0.1) is 11.3 Å². The molecule has 0 aliphatic rings. The van der Waals surface area contributed by atoms with Gasteiger partial charge >= 0.3 is 5.97 Å². The van der Waals surface area contributed by atoms with E-state index in [0.717, 1.165) is 14.1 Å². The minimum atomic E-state index is -3.67. The Morgan fingerprint density at radius 2 is 1.74 bits per heavy atom. The molecule has 0 radical (unpaired) electrons. The number of rotatable bonds is 9. The van der Waals surface area contributed by atoms with Gasteiger partial charge in [-0.05, 0) is 44.5 Å². The maximum absolute atomic E-state index is 12.4. The fraction of sp³-hybridized carbons (Fsp3) is 0.381. The van der Waals surface area contributed by atoms with Crippen LogP contribution in [0.5, 0.6) is 0 Å². The van der Waals surface area contributed by atoms with Crippen LogP contribution in [-0.2, 0) is 24.3 Å². The van der Waals surface area contributed by atoms with Gasteiger partial charge in [0.2, 0.25) is 10.0 Å². The van der Waals surface area contributed by atoms with E-state index in [9.17, 15) is 22.8 Å². The molecule has 8 nitrogen and oxygen atoms in total. The number of thiophene rings is 1. The summed E-state index contributed by atoms with van der Waals surface area (Å²) in [6.07, 6.45) is -0.128. The molecule has 0 fully saturated rings. The van der Waals surface area contributed by atoms with E-state index in [-0.39, 0.29) is 29.2 Å². The highest BCUT2D eigenvalue weighted by molar-refractivity contribution is 7.89. The highest BCUT2D eigenvalue weighted by Crippen LogP contribution is 2.23. The van der Waals surface area contributed by atoms with E-state index in [4.69, 9.17) is 4.74 Å². The Labute approximate surface area is 186 Å². The quantitative estimate of drug-likeness (QED) is 0.449. The second-order valence-corrected chi connectivity index (χ2v) is 10.8. The van der Waals surface area contributed by atoms with Gasteiger partial charge in [-0.2, -0.15) is 0 Å². The van der Waals surface area contributed by atoms with Crippen molar-refractivity contribution in [3.05, 3.63) is 45.1 Å². The number of hydrogen-bond acceptors (Lipinski definition) is 7. The van der Waals surface area contributed by atoms with Crippen molar-refractivity contribution in [2.24, 2.45) is 0 Å². The van der Waals surface area contributed by atoms with Crippen LogP contribution in [0.1, 0.15) is 38.5 Å². The van der Waals surface area contributed by atoms with Gasteiger partial charge in [0.25, 0.3) is 5.91 Å². The standard InChI is InChI=1S/C21H26N2O6S2/c1-13-6-7-16(11-19(13)31(27,28)23(4)5)22-20(25)12-29-21(26)9-8-18(24)17-10-14(2)30-15(17)3/h6-7,10-11H,8-9,12H2,1-5H3,(H,22,25). The van der Waals surface area contributed by atoms with Crippen LogP contribution in [0.2, 0.25) is 0 Å². The lowest BCUT2D eigenvalue weighted by Gasteiger charge is -2.15. The molecule has 0 aliphatic heterocycles. The van der Waals surface area contributed by atoms with E-state index in [1.54, 1.807) is 25.1 Å². The normalized spacial score (nSPS) is 11.4. The molecule has 0 atom stereocenters. The molecule has 0 saturated carbocycles. The molecule has 168 valence electrons. The number of carbonyl (C=O) groups excluding carboxylic acids is 3. The van der Waals surface area contributed by atoms with Crippen molar-refractivity contribution < 1.29 is 27.5 Å². The summed E-state index contributed by atoms with van der Waals surface area (Å²) < 4.78 is 30.8. The largest absolute Gasteiger partial charge is 0.456 e. The number of nitrogens with zero attached hydrogens (tertiary/aromatic N) is 1. The highest BCUT2D eigenvalue weighted by Gasteiger charge is 2.21. The first kappa shape index (κ1) is 24.7. The zero-order chi connectivity index (χ0) is 23.3. The predicted molar refractivity (Wildman–Crippen MR) is 119 cm³/mol. The van der Waals surface area contributed by atoms with Gasteiger partial charge in [-0.3, -0.25) is 14.4 Å². The molecule has 1 heterocycles. The number of amides is 1. The molecule has 2 aromatic rings. The van der Waals surface area contributed by atoms with E-state index in [1.165, 1.54) is 31.5 Å². The van der Waals surface area contributed by atoms with Crippen LogP contribution in [0.4, 0.5) is 5.69 Å². The SMILES string of the molecule is Cc1cc(C(=O)CCC(=O)OCC(=O)Nc2ccc(C)c(S(=O)(=O)N(C)C)c2)c(C)s1. The van der Waals surface area contributed by atoms with Gasteiger partial charge in [0.15, 0.2) is 12.4 Å². The molecule has 31 heavy (non-hydrogen) atoms. The fourth-order valence-electron chi connectivity index (χ4n) is 2.83. The summed E-state index contributed by atoms with van der Waals surface area (Å²) in [6.45, 7) is 4.89. The predicted octanol–water partition coefficient (Wildman–Crippen LogP) is 3.07. The molecular weight excluding hydrogens is 440 g/mol. The molecule has 1 amide bonds. The van der Waals surface area contributed by atoms with Crippen LogP contribution in [0.3, 0.4) is 0 Å². The average molecular weight is 467 g/mol.